The minimum atomic E-state index is -0.374. The van der Waals surface area contributed by atoms with Crippen LogP contribution in [0, 0.1) is 5.92 Å². The Morgan fingerprint density at radius 2 is 2.00 bits per heavy atom. The quantitative estimate of drug-likeness (QED) is 0.340. The SMILES string of the molecule is CC(C)CN(CC(=O)Nc1nc(CC(=O)NCCCN2CCCCC2C)cs1)C(=O)c1ccc(Cl)cc1Cl. The highest BCUT2D eigenvalue weighted by Gasteiger charge is 2.23. The van der Waals surface area contributed by atoms with Crippen molar-refractivity contribution in [3.05, 3.63) is 44.9 Å². The van der Waals surface area contributed by atoms with Crippen LogP contribution in [0.4, 0.5) is 5.13 Å². The smallest absolute Gasteiger partial charge is 0.255 e. The Kier molecular flexibility index (Phi) is 11.8. The number of halogens is 2. The Hall–Kier alpha value is -2.20. The fourth-order valence-corrected chi connectivity index (χ4v) is 5.71. The van der Waals surface area contributed by atoms with E-state index in [-0.39, 0.29) is 47.2 Å². The molecule has 0 bridgehead atoms. The Morgan fingerprint density at radius 3 is 2.71 bits per heavy atom. The zero-order chi connectivity index (χ0) is 27.7. The van der Waals surface area contributed by atoms with Gasteiger partial charge in [-0.1, -0.05) is 43.5 Å². The predicted molar refractivity (Wildman–Crippen MR) is 154 cm³/mol. The highest BCUT2D eigenvalue weighted by atomic mass is 35.5. The van der Waals surface area contributed by atoms with Gasteiger partial charge in [0, 0.05) is 36.1 Å². The summed E-state index contributed by atoms with van der Waals surface area (Å²) in [7, 11) is 0. The van der Waals surface area contributed by atoms with Gasteiger partial charge in [-0.05, 0) is 56.8 Å². The number of rotatable bonds is 12. The van der Waals surface area contributed by atoms with Crippen LogP contribution < -0.4 is 10.6 Å². The molecule has 2 heterocycles. The second kappa shape index (κ2) is 14.8. The number of hydrogen-bond donors (Lipinski definition) is 2. The molecule has 1 unspecified atom stereocenters. The van der Waals surface area contributed by atoms with Crippen molar-refractivity contribution in [2.75, 3.05) is 38.0 Å². The van der Waals surface area contributed by atoms with Gasteiger partial charge in [0.25, 0.3) is 5.91 Å². The van der Waals surface area contributed by atoms with E-state index in [1.165, 1.54) is 41.6 Å². The molecule has 1 aliphatic rings. The van der Waals surface area contributed by atoms with Crippen molar-refractivity contribution in [2.45, 2.75) is 58.9 Å². The van der Waals surface area contributed by atoms with Gasteiger partial charge in [0.05, 0.1) is 22.7 Å². The first-order valence-electron chi connectivity index (χ1n) is 13.1. The molecular formula is C27H37Cl2N5O3S. The summed E-state index contributed by atoms with van der Waals surface area (Å²) in [6.45, 7) is 9.20. The zero-order valence-electron chi connectivity index (χ0n) is 22.3. The van der Waals surface area contributed by atoms with Gasteiger partial charge in [0.2, 0.25) is 11.8 Å². The number of carbonyl (C=O) groups excluding carboxylic acids is 3. The van der Waals surface area contributed by atoms with Crippen LogP contribution in [0.15, 0.2) is 23.6 Å². The molecular weight excluding hydrogens is 545 g/mol. The first-order valence-corrected chi connectivity index (χ1v) is 14.7. The molecule has 2 aromatic rings. The Balaban J connectivity index is 1.47. The summed E-state index contributed by atoms with van der Waals surface area (Å²) in [6.07, 6.45) is 4.87. The summed E-state index contributed by atoms with van der Waals surface area (Å²) in [5.74, 6) is -0.664. The normalized spacial score (nSPS) is 15.9. The third-order valence-corrected chi connectivity index (χ3v) is 7.75. The van der Waals surface area contributed by atoms with Crippen LogP contribution in [0.25, 0.3) is 0 Å². The molecule has 1 atom stereocenters. The average molecular weight is 583 g/mol. The van der Waals surface area contributed by atoms with Gasteiger partial charge in [-0.3, -0.25) is 14.4 Å². The van der Waals surface area contributed by atoms with Crippen molar-refractivity contribution in [3.8, 4) is 0 Å². The molecule has 11 heteroatoms. The van der Waals surface area contributed by atoms with Crippen LogP contribution in [0.2, 0.25) is 10.0 Å². The summed E-state index contributed by atoms with van der Waals surface area (Å²) in [5.41, 5.74) is 0.882. The molecule has 1 saturated heterocycles. The van der Waals surface area contributed by atoms with E-state index in [4.69, 9.17) is 23.2 Å². The van der Waals surface area contributed by atoms with Gasteiger partial charge < -0.3 is 20.4 Å². The Morgan fingerprint density at radius 1 is 1.21 bits per heavy atom. The number of amides is 3. The monoisotopic (exact) mass is 581 g/mol. The summed E-state index contributed by atoms with van der Waals surface area (Å²) in [5, 5.41) is 8.52. The van der Waals surface area contributed by atoms with Gasteiger partial charge in [-0.15, -0.1) is 11.3 Å². The van der Waals surface area contributed by atoms with Crippen molar-refractivity contribution in [1.29, 1.82) is 0 Å². The van der Waals surface area contributed by atoms with Gasteiger partial charge in [-0.25, -0.2) is 4.98 Å². The van der Waals surface area contributed by atoms with Gasteiger partial charge >= 0.3 is 0 Å². The fraction of sp³-hybridized carbons (Fsp3) is 0.556. The van der Waals surface area contributed by atoms with Gasteiger partial charge in [0.1, 0.15) is 6.54 Å². The van der Waals surface area contributed by atoms with E-state index in [9.17, 15) is 14.4 Å². The van der Waals surface area contributed by atoms with Crippen molar-refractivity contribution in [3.63, 3.8) is 0 Å². The topological polar surface area (TPSA) is 94.6 Å². The molecule has 0 spiro atoms. The maximum absolute atomic E-state index is 13.1. The molecule has 1 fully saturated rings. The molecule has 208 valence electrons. The summed E-state index contributed by atoms with van der Waals surface area (Å²) in [6, 6.07) is 5.28. The third-order valence-electron chi connectivity index (χ3n) is 6.39. The molecule has 0 aliphatic carbocycles. The summed E-state index contributed by atoms with van der Waals surface area (Å²) in [4.78, 5) is 46.5. The van der Waals surface area contributed by atoms with E-state index >= 15 is 0 Å². The van der Waals surface area contributed by atoms with Crippen LogP contribution in [0.3, 0.4) is 0 Å². The number of likely N-dealkylation sites (tertiary alicyclic amines) is 1. The number of piperidine rings is 1. The van der Waals surface area contributed by atoms with Crippen molar-refractivity contribution in [2.24, 2.45) is 5.92 Å². The number of hydrogen-bond acceptors (Lipinski definition) is 6. The number of benzene rings is 1. The van der Waals surface area contributed by atoms with Crippen LogP contribution in [-0.2, 0) is 16.0 Å². The molecule has 1 aromatic carbocycles. The number of nitrogens with zero attached hydrogens (tertiary/aromatic N) is 3. The lowest BCUT2D eigenvalue weighted by Gasteiger charge is -2.33. The molecule has 2 N–H and O–H groups in total. The van der Waals surface area contributed by atoms with Crippen molar-refractivity contribution < 1.29 is 14.4 Å². The van der Waals surface area contributed by atoms with E-state index in [1.54, 1.807) is 17.5 Å². The molecule has 8 nitrogen and oxygen atoms in total. The van der Waals surface area contributed by atoms with Crippen LogP contribution in [0.1, 0.15) is 62.5 Å². The van der Waals surface area contributed by atoms with E-state index in [0.29, 0.717) is 35.0 Å². The van der Waals surface area contributed by atoms with Crippen LogP contribution in [0.5, 0.6) is 0 Å². The minimum absolute atomic E-state index is 0.0894. The number of anilines is 1. The number of nitrogens with one attached hydrogen (secondary N) is 2. The highest BCUT2D eigenvalue weighted by molar-refractivity contribution is 7.13. The van der Waals surface area contributed by atoms with E-state index < -0.39 is 0 Å². The maximum atomic E-state index is 13.1. The summed E-state index contributed by atoms with van der Waals surface area (Å²) < 4.78 is 0. The van der Waals surface area contributed by atoms with E-state index in [0.717, 1.165) is 19.5 Å². The first-order chi connectivity index (χ1) is 18.1. The molecule has 3 amide bonds. The number of carbonyl (C=O) groups is 3. The summed E-state index contributed by atoms with van der Waals surface area (Å²) >= 11 is 13.4. The van der Waals surface area contributed by atoms with Crippen molar-refractivity contribution in [1.82, 2.24) is 20.1 Å². The van der Waals surface area contributed by atoms with E-state index in [1.807, 2.05) is 13.8 Å². The standard InChI is InChI=1S/C27H37Cl2N5O3S/c1-18(2)15-34(26(37)22-9-8-20(28)13-23(22)29)16-25(36)32-27-31-21(17-38-27)14-24(35)30-10-6-12-33-11-5-4-7-19(33)3/h8-9,13,17-19H,4-7,10-12,14-16H2,1-3H3,(H,30,35)(H,31,32,36). The molecule has 1 aliphatic heterocycles. The highest BCUT2D eigenvalue weighted by Crippen LogP contribution is 2.23. The van der Waals surface area contributed by atoms with Crippen LogP contribution in [-0.4, -0.2) is 71.3 Å². The maximum Gasteiger partial charge on any atom is 0.255 e. The largest absolute Gasteiger partial charge is 0.356 e. The van der Waals surface area contributed by atoms with E-state index in [2.05, 4.69) is 27.4 Å². The lowest BCUT2D eigenvalue weighted by atomic mass is 10.0. The number of aromatic nitrogens is 1. The molecule has 0 radical (unpaired) electrons. The lowest BCUT2D eigenvalue weighted by Crippen LogP contribution is -2.40. The molecule has 1 aromatic heterocycles. The van der Waals surface area contributed by atoms with Crippen molar-refractivity contribution >= 4 is 57.4 Å². The third kappa shape index (κ3) is 9.52. The molecule has 3 rings (SSSR count). The molecule has 38 heavy (non-hydrogen) atoms. The lowest BCUT2D eigenvalue weighted by molar-refractivity contribution is -0.120. The molecule has 0 saturated carbocycles. The fourth-order valence-electron chi connectivity index (χ4n) is 4.50. The number of thiazole rings is 1. The Bertz CT molecular complexity index is 1110. The second-order valence-corrected chi connectivity index (χ2v) is 11.9. The van der Waals surface area contributed by atoms with Crippen LogP contribution >= 0.6 is 34.5 Å². The first kappa shape index (κ1) is 30.3. The second-order valence-electron chi connectivity index (χ2n) is 10.2. The Labute approximate surface area is 239 Å². The minimum Gasteiger partial charge on any atom is -0.356 e. The zero-order valence-corrected chi connectivity index (χ0v) is 24.6. The van der Waals surface area contributed by atoms with Gasteiger partial charge in [-0.2, -0.15) is 0 Å². The van der Waals surface area contributed by atoms with Gasteiger partial charge in [0.15, 0.2) is 5.13 Å². The average Bonchev–Trinajstić information content (AvgIpc) is 3.28. The predicted octanol–water partition coefficient (Wildman–Crippen LogP) is 5.11.